The lowest BCUT2D eigenvalue weighted by molar-refractivity contribution is 0.164. The predicted molar refractivity (Wildman–Crippen MR) is 67.5 cm³/mol. The molecule has 1 aliphatic heterocycles. The van der Waals surface area contributed by atoms with Crippen molar-refractivity contribution in [3.05, 3.63) is 35.1 Å². The van der Waals surface area contributed by atoms with Crippen molar-refractivity contribution >= 4 is 9.84 Å². The van der Waals surface area contributed by atoms with Crippen LogP contribution in [0.1, 0.15) is 36.5 Å². The Balaban J connectivity index is 2.32. The molecule has 1 aliphatic rings. The molecule has 2 atom stereocenters. The van der Waals surface area contributed by atoms with Gasteiger partial charge >= 0.3 is 0 Å². The van der Waals surface area contributed by atoms with Gasteiger partial charge in [-0.3, -0.25) is 0 Å². The molecular formula is C13H17FO3S. The summed E-state index contributed by atoms with van der Waals surface area (Å²) in [7, 11) is -3.27. The first-order chi connectivity index (χ1) is 8.40. The molecule has 1 heterocycles. The minimum absolute atomic E-state index is 0.114. The number of halogens is 1. The Morgan fingerprint density at radius 2 is 2.06 bits per heavy atom. The van der Waals surface area contributed by atoms with E-state index in [2.05, 4.69) is 0 Å². The van der Waals surface area contributed by atoms with Crippen LogP contribution < -0.4 is 0 Å². The quantitative estimate of drug-likeness (QED) is 0.897. The molecule has 0 radical (unpaired) electrons. The molecule has 5 heteroatoms. The van der Waals surface area contributed by atoms with Gasteiger partial charge in [0, 0.05) is 0 Å². The number of aryl methyl sites for hydroxylation is 1. The molecule has 1 saturated heterocycles. The van der Waals surface area contributed by atoms with Gasteiger partial charge in [-0.05, 0) is 43.0 Å². The first-order valence-electron chi connectivity index (χ1n) is 6.07. The van der Waals surface area contributed by atoms with Crippen LogP contribution >= 0.6 is 0 Å². The maximum atomic E-state index is 13.3. The van der Waals surface area contributed by atoms with Crippen molar-refractivity contribution in [3.8, 4) is 0 Å². The van der Waals surface area contributed by atoms with Crippen LogP contribution in [0.4, 0.5) is 4.39 Å². The van der Waals surface area contributed by atoms with E-state index in [0.717, 1.165) is 6.42 Å². The standard InChI is InChI=1S/C13H17FO3S/c1-9-6-10(8-11(14)7-9)13(15)12-4-2-3-5-18(12,16)17/h6-8,12-13,15H,2-5H2,1H3. The fraction of sp³-hybridized carbons (Fsp3) is 0.538. The van der Waals surface area contributed by atoms with Crippen molar-refractivity contribution in [1.82, 2.24) is 0 Å². The van der Waals surface area contributed by atoms with E-state index in [9.17, 15) is 17.9 Å². The molecule has 0 saturated carbocycles. The number of aliphatic hydroxyl groups is 1. The van der Waals surface area contributed by atoms with Gasteiger partial charge in [-0.2, -0.15) is 0 Å². The second-order valence-corrected chi connectivity index (χ2v) is 7.25. The van der Waals surface area contributed by atoms with Gasteiger partial charge in [0.05, 0.1) is 17.1 Å². The molecule has 1 N–H and O–H groups in total. The minimum atomic E-state index is -3.27. The Morgan fingerprint density at radius 1 is 1.33 bits per heavy atom. The molecule has 18 heavy (non-hydrogen) atoms. The molecule has 0 aromatic heterocycles. The van der Waals surface area contributed by atoms with Gasteiger partial charge in [0.25, 0.3) is 0 Å². The highest BCUT2D eigenvalue weighted by Gasteiger charge is 2.35. The van der Waals surface area contributed by atoms with Crippen LogP contribution in [0.25, 0.3) is 0 Å². The summed E-state index contributed by atoms with van der Waals surface area (Å²) in [6, 6.07) is 4.20. The summed E-state index contributed by atoms with van der Waals surface area (Å²) in [5, 5.41) is 9.39. The maximum absolute atomic E-state index is 13.3. The van der Waals surface area contributed by atoms with Crippen LogP contribution in [0, 0.1) is 12.7 Å². The molecule has 2 rings (SSSR count). The molecule has 0 bridgehead atoms. The summed E-state index contributed by atoms with van der Waals surface area (Å²) in [6.07, 6.45) is 0.742. The van der Waals surface area contributed by atoms with Gasteiger partial charge in [-0.1, -0.05) is 12.5 Å². The molecule has 0 amide bonds. The Bertz CT molecular complexity index is 519. The fourth-order valence-electron chi connectivity index (χ4n) is 2.48. The highest BCUT2D eigenvalue weighted by atomic mass is 32.2. The topological polar surface area (TPSA) is 54.4 Å². The first kappa shape index (κ1) is 13.5. The van der Waals surface area contributed by atoms with Gasteiger partial charge in [0.15, 0.2) is 9.84 Å². The zero-order valence-electron chi connectivity index (χ0n) is 10.3. The zero-order valence-corrected chi connectivity index (χ0v) is 11.1. The van der Waals surface area contributed by atoms with Gasteiger partial charge in [0.2, 0.25) is 0 Å². The smallest absolute Gasteiger partial charge is 0.156 e. The van der Waals surface area contributed by atoms with Crippen molar-refractivity contribution in [2.45, 2.75) is 37.5 Å². The zero-order chi connectivity index (χ0) is 13.3. The van der Waals surface area contributed by atoms with Crippen LogP contribution in [-0.2, 0) is 9.84 Å². The second-order valence-electron chi connectivity index (χ2n) is 4.91. The number of aliphatic hydroxyl groups excluding tert-OH is 1. The van der Waals surface area contributed by atoms with Crippen molar-refractivity contribution in [2.75, 3.05) is 5.75 Å². The lowest BCUT2D eigenvalue weighted by Gasteiger charge is -2.27. The monoisotopic (exact) mass is 272 g/mol. The SMILES string of the molecule is Cc1cc(F)cc(C(O)C2CCCCS2(=O)=O)c1. The highest BCUT2D eigenvalue weighted by Crippen LogP contribution is 2.31. The largest absolute Gasteiger partial charge is 0.387 e. The number of hydrogen-bond acceptors (Lipinski definition) is 3. The van der Waals surface area contributed by atoms with Crippen LogP contribution in [0.2, 0.25) is 0 Å². The lowest BCUT2D eigenvalue weighted by Crippen LogP contribution is -2.33. The van der Waals surface area contributed by atoms with E-state index >= 15 is 0 Å². The van der Waals surface area contributed by atoms with E-state index in [1.165, 1.54) is 12.1 Å². The molecular weight excluding hydrogens is 255 g/mol. The Hall–Kier alpha value is -0.940. The van der Waals surface area contributed by atoms with Gasteiger partial charge in [-0.15, -0.1) is 0 Å². The molecule has 0 spiro atoms. The van der Waals surface area contributed by atoms with E-state index in [4.69, 9.17) is 0 Å². The first-order valence-corrected chi connectivity index (χ1v) is 7.78. The Morgan fingerprint density at radius 3 is 2.67 bits per heavy atom. The summed E-state index contributed by atoms with van der Waals surface area (Å²) in [6.45, 7) is 1.72. The van der Waals surface area contributed by atoms with Crippen LogP contribution in [0.3, 0.4) is 0 Å². The van der Waals surface area contributed by atoms with E-state index in [0.29, 0.717) is 24.0 Å². The van der Waals surface area contributed by atoms with Crippen LogP contribution in [0.5, 0.6) is 0 Å². The lowest BCUT2D eigenvalue weighted by atomic mass is 10.0. The second kappa shape index (κ2) is 4.97. The summed E-state index contributed by atoms with van der Waals surface area (Å²) >= 11 is 0. The van der Waals surface area contributed by atoms with E-state index < -0.39 is 27.0 Å². The third kappa shape index (κ3) is 2.72. The molecule has 2 unspecified atom stereocenters. The molecule has 0 aliphatic carbocycles. The highest BCUT2D eigenvalue weighted by molar-refractivity contribution is 7.92. The molecule has 1 aromatic rings. The minimum Gasteiger partial charge on any atom is -0.387 e. The van der Waals surface area contributed by atoms with Gasteiger partial charge in [0.1, 0.15) is 5.82 Å². The van der Waals surface area contributed by atoms with Crippen molar-refractivity contribution in [1.29, 1.82) is 0 Å². The van der Waals surface area contributed by atoms with E-state index in [-0.39, 0.29) is 5.75 Å². The molecule has 3 nitrogen and oxygen atoms in total. The van der Waals surface area contributed by atoms with Gasteiger partial charge < -0.3 is 5.11 Å². The predicted octanol–water partition coefficient (Wildman–Crippen LogP) is 2.13. The summed E-state index contributed by atoms with van der Waals surface area (Å²) in [5.41, 5.74) is 1.03. The summed E-state index contributed by atoms with van der Waals surface area (Å²) < 4.78 is 37.1. The average molecular weight is 272 g/mol. The van der Waals surface area contributed by atoms with Crippen LogP contribution in [-0.4, -0.2) is 24.5 Å². The molecule has 1 aromatic carbocycles. The van der Waals surface area contributed by atoms with Gasteiger partial charge in [-0.25, -0.2) is 12.8 Å². The third-order valence-electron chi connectivity index (χ3n) is 3.39. The van der Waals surface area contributed by atoms with E-state index in [1.807, 2.05) is 0 Å². The molecule has 1 fully saturated rings. The van der Waals surface area contributed by atoms with Crippen molar-refractivity contribution in [3.63, 3.8) is 0 Å². The summed E-state index contributed by atoms with van der Waals surface area (Å²) in [5.74, 6) is -0.333. The Labute approximate surface area is 107 Å². The summed E-state index contributed by atoms with van der Waals surface area (Å²) in [4.78, 5) is 0. The van der Waals surface area contributed by atoms with Crippen LogP contribution in [0.15, 0.2) is 18.2 Å². The number of benzene rings is 1. The average Bonchev–Trinajstić information content (AvgIpc) is 2.26. The number of rotatable bonds is 2. The normalized spacial score (nSPS) is 24.7. The fourth-order valence-corrected chi connectivity index (χ4v) is 4.47. The maximum Gasteiger partial charge on any atom is 0.156 e. The van der Waals surface area contributed by atoms with Crippen molar-refractivity contribution in [2.24, 2.45) is 0 Å². The molecule has 100 valence electrons. The van der Waals surface area contributed by atoms with Crippen molar-refractivity contribution < 1.29 is 17.9 Å². The third-order valence-corrected chi connectivity index (χ3v) is 5.66. The number of sulfone groups is 1. The van der Waals surface area contributed by atoms with E-state index in [1.54, 1.807) is 13.0 Å². The number of hydrogen-bond donors (Lipinski definition) is 1. The Kier molecular flexibility index (Phi) is 3.73.